The maximum absolute atomic E-state index is 12.1. The molecule has 7 heteroatoms. The predicted molar refractivity (Wildman–Crippen MR) is 71.7 cm³/mol. The first-order valence-electron chi connectivity index (χ1n) is 6.84. The number of hydrogen-bond donors (Lipinski definition) is 2. The standard InChI is InChI=1S/C13H25F3N2O2/c1-4-8-17-12(2,11(19)20)7-5-6-9-18(3)10-13(14,15)16/h17H,4-10H2,1-3H3,(H,19,20). The van der Waals surface area contributed by atoms with Crippen LogP contribution in [0.15, 0.2) is 0 Å². The van der Waals surface area contributed by atoms with Crippen molar-refractivity contribution in [1.29, 1.82) is 0 Å². The van der Waals surface area contributed by atoms with Gasteiger partial charge in [0.2, 0.25) is 0 Å². The average molecular weight is 298 g/mol. The van der Waals surface area contributed by atoms with Crippen LogP contribution in [-0.2, 0) is 4.79 Å². The zero-order valence-electron chi connectivity index (χ0n) is 12.4. The van der Waals surface area contributed by atoms with Gasteiger partial charge < -0.3 is 10.4 Å². The molecule has 0 aliphatic heterocycles. The Morgan fingerprint density at radius 1 is 1.30 bits per heavy atom. The molecule has 120 valence electrons. The lowest BCUT2D eigenvalue weighted by atomic mass is 9.94. The molecule has 0 fully saturated rings. The van der Waals surface area contributed by atoms with Crippen molar-refractivity contribution >= 4 is 5.97 Å². The zero-order valence-corrected chi connectivity index (χ0v) is 12.4. The Kier molecular flexibility index (Phi) is 8.12. The lowest BCUT2D eigenvalue weighted by Gasteiger charge is -2.26. The summed E-state index contributed by atoms with van der Waals surface area (Å²) in [6.45, 7) is 3.54. The molecule has 0 spiro atoms. The van der Waals surface area contributed by atoms with Crippen LogP contribution in [0.4, 0.5) is 13.2 Å². The summed E-state index contributed by atoms with van der Waals surface area (Å²) in [4.78, 5) is 12.4. The zero-order chi connectivity index (χ0) is 15.8. The van der Waals surface area contributed by atoms with Crippen molar-refractivity contribution in [2.24, 2.45) is 0 Å². The average Bonchev–Trinajstić information content (AvgIpc) is 2.29. The number of carbonyl (C=O) groups is 1. The van der Waals surface area contributed by atoms with Gasteiger partial charge in [-0.2, -0.15) is 13.2 Å². The van der Waals surface area contributed by atoms with E-state index < -0.39 is 24.2 Å². The minimum atomic E-state index is -4.19. The molecule has 4 nitrogen and oxygen atoms in total. The highest BCUT2D eigenvalue weighted by molar-refractivity contribution is 5.78. The van der Waals surface area contributed by atoms with Crippen LogP contribution in [0.5, 0.6) is 0 Å². The van der Waals surface area contributed by atoms with E-state index >= 15 is 0 Å². The Morgan fingerprint density at radius 2 is 1.90 bits per heavy atom. The monoisotopic (exact) mass is 298 g/mol. The van der Waals surface area contributed by atoms with E-state index in [1.165, 1.54) is 11.9 Å². The fourth-order valence-corrected chi connectivity index (χ4v) is 1.92. The number of halogens is 3. The number of nitrogens with zero attached hydrogens (tertiary/aromatic N) is 1. The van der Waals surface area contributed by atoms with Crippen LogP contribution in [-0.4, -0.2) is 54.4 Å². The van der Waals surface area contributed by atoms with Crippen LogP contribution in [0, 0.1) is 0 Å². The van der Waals surface area contributed by atoms with Gasteiger partial charge in [0.15, 0.2) is 0 Å². The number of aliphatic carboxylic acids is 1. The third-order valence-electron chi connectivity index (χ3n) is 3.15. The van der Waals surface area contributed by atoms with Gasteiger partial charge in [0.1, 0.15) is 5.54 Å². The molecular weight excluding hydrogens is 273 g/mol. The SMILES string of the molecule is CCCNC(C)(CCCCN(C)CC(F)(F)F)C(=O)O. The highest BCUT2D eigenvalue weighted by Crippen LogP contribution is 2.17. The third-order valence-corrected chi connectivity index (χ3v) is 3.15. The maximum Gasteiger partial charge on any atom is 0.401 e. The minimum absolute atomic E-state index is 0.309. The normalized spacial score (nSPS) is 15.3. The predicted octanol–water partition coefficient (Wildman–Crippen LogP) is 2.49. The molecule has 0 saturated carbocycles. The molecule has 0 radical (unpaired) electrons. The van der Waals surface area contributed by atoms with E-state index in [1.54, 1.807) is 6.92 Å². The van der Waals surface area contributed by atoms with Crippen LogP contribution >= 0.6 is 0 Å². The first-order chi connectivity index (χ1) is 9.10. The molecule has 0 aromatic carbocycles. The highest BCUT2D eigenvalue weighted by Gasteiger charge is 2.32. The summed E-state index contributed by atoms with van der Waals surface area (Å²) in [6.07, 6.45) is -1.84. The summed E-state index contributed by atoms with van der Waals surface area (Å²) in [5.74, 6) is -0.922. The fraction of sp³-hybridized carbons (Fsp3) is 0.923. The Labute approximate surface area is 118 Å². The van der Waals surface area contributed by atoms with Crippen molar-refractivity contribution in [3.05, 3.63) is 0 Å². The molecule has 2 N–H and O–H groups in total. The lowest BCUT2D eigenvalue weighted by molar-refractivity contribution is -0.144. The highest BCUT2D eigenvalue weighted by atomic mass is 19.4. The van der Waals surface area contributed by atoms with E-state index in [0.29, 0.717) is 32.4 Å². The number of alkyl halides is 3. The van der Waals surface area contributed by atoms with Gasteiger partial charge in [-0.1, -0.05) is 6.92 Å². The molecule has 0 bridgehead atoms. The lowest BCUT2D eigenvalue weighted by Crippen LogP contribution is -2.49. The van der Waals surface area contributed by atoms with Crippen molar-refractivity contribution < 1.29 is 23.1 Å². The van der Waals surface area contributed by atoms with Gasteiger partial charge in [0.25, 0.3) is 0 Å². The number of carboxylic acid groups (broad SMARTS) is 1. The Hall–Kier alpha value is -0.820. The van der Waals surface area contributed by atoms with Crippen molar-refractivity contribution in [3.8, 4) is 0 Å². The molecule has 0 aliphatic carbocycles. The Morgan fingerprint density at radius 3 is 2.35 bits per heavy atom. The Balaban J connectivity index is 4.04. The number of nitrogens with one attached hydrogen (secondary N) is 1. The summed E-state index contributed by atoms with van der Waals surface area (Å²) in [5.41, 5.74) is -1.00. The van der Waals surface area contributed by atoms with Gasteiger partial charge in [0, 0.05) is 0 Å². The third kappa shape index (κ3) is 8.37. The quantitative estimate of drug-likeness (QED) is 0.608. The van der Waals surface area contributed by atoms with Crippen LogP contribution in [0.2, 0.25) is 0 Å². The molecule has 0 aromatic heterocycles. The van der Waals surface area contributed by atoms with Crippen LogP contribution in [0.1, 0.15) is 39.5 Å². The van der Waals surface area contributed by atoms with Crippen molar-refractivity contribution in [3.63, 3.8) is 0 Å². The fourth-order valence-electron chi connectivity index (χ4n) is 1.92. The molecule has 1 unspecified atom stereocenters. The van der Waals surface area contributed by atoms with E-state index in [4.69, 9.17) is 0 Å². The van der Waals surface area contributed by atoms with E-state index in [9.17, 15) is 23.1 Å². The van der Waals surface area contributed by atoms with Crippen LogP contribution in [0.25, 0.3) is 0 Å². The molecule has 0 rings (SSSR count). The second-order valence-electron chi connectivity index (χ2n) is 5.37. The van der Waals surface area contributed by atoms with Crippen LogP contribution < -0.4 is 5.32 Å². The Bertz CT molecular complexity index is 298. The van der Waals surface area contributed by atoms with E-state index in [1.807, 2.05) is 6.92 Å². The largest absolute Gasteiger partial charge is 0.480 e. The van der Waals surface area contributed by atoms with Gasteiger partial charge in [-0.3, -0.25) is 9.69 Å². The summed E-state index contributed by atoms with van der Waals surface area (Å²) in [6, 6.07) is 0. The molecule has 0 aliphatic rings. The first-order valence-corrected chi connectivity index (χ1v) is 6.84. The second kappa shape index (κ2) is 8.46. The molecule has 0 aromatic rings. The molecule has 1 atom stereocenters. The number of carboxylic acids is 1. The van der Waals surface area contributed by atoms with Gasteiger partial charge in [-0.15, -0.1) is 0 Å². The number of unbranched alkanes of at least 4 members (excludes halogenated alkanes) is 1. The molecular formula is C13H25F3N2O2. The second-order valence-corrected chi connectivity index (χ2v) is 5.37. The van der Waals surface area contributed by atoms with Crippen molar-refractivity contribution in [2.45, 2.75) is 51.2 Å². The van der Waals surface area contributed by atoms with Gasteiger partial charge in [0.05, 0.1) is 6.54 Å². The molecule has 0 saturated heterocycles. The van der Waals surface area contributed by atoms with Gasteiger partial charge in [-0.25, -0.2) is 0 Å². The van der Waals surface area contributed by atoms with Gasteiger partial charge in [-0.05, 0) is 52.7 Å². The maximum atomic E-state index is 12.1. The molecule has 0 amide bonds. The molecule has 0 heterocycles. The summed E-state index contributed by atoms with van der Waals surface area (Å²) < 4.78 is 36.4. The topological polar surface area (TPSA) is 52.6 Å². The smallest absolute Gasteiger partial charge is 0.401 e. The van der Waals surface area contributed by atoms with Crippen molar-refractivity contribution in [1.82, 2.24) is 10.2 Å². The summed E-state index contributed by atoms with van der Waals surface area (Å²) in [5, 5.41) is 12.2. The van der Waals surface area contributed by atoms with E-state index in [0.717, 1.165) is 6.42 Å². The van der Waals surface area contributed by atoms with Crippen LogP contribution in [0.3, 0.4) is 0 Å². The first kappa shape index (κ1) is 19.2. The van der Waals surface area contributed by atoms with E-state index in [2.05, 4.69) is 5.32 Å². The molecule has 20 heavy (non-hydrogen) atoms. The van der Waals surface area contributed by atoms with Gasteiger partial charge >= 0.3 is 12.1 Å². The number of rotatable bonds is 10. The minimum Gasteiger partial charge on any atom is -0.480 e. The van der Waals surface area contributed by atoms with E-state index in [-0.39, 0.29) is 0 Å². The van der Waals surface area contributed by atoms with Crippen molar-refractivity contribution in [2.75, 3.05) is 26.7 Å². The number of hydrogen-bond acceptors (Lipinski definition) is 3. The summed E-state index contributed by atoms with van der Waals surface area (Å²) >= 11 is 0. The summed E-state index contributed by atoms with van der Waals surface area (Å²) in [7, 11) is 1.42.